The van der Waals surface area contributed by atoms with Gasteiger partial charge >= 0.3 is 5.97 Å². The first-order chi connectivity index (χ1) is 14.4. The van der Waals surface area contributed by atoms with Crippen molar-refractivity contribution in [2.75, 3.05) is 14.2 Å². The number of rotatable bonds is 9. The second-order valence-corrected chi connectivity index (χ2v) is 6.38. The van der Waals surface area contributed by atoms with Crippen molar-refractivity contribution >= 4 is 11.9 Å². The first kappa shape index (κ1) is 22.6. The molecule has 0 bridgehead atoms. The van der Waals surface area contributed by atoms with Crippen LogP contribution in [-0.2, 0) is 20.9 Å². The Labute approximate surface area is 175 Å². The van der Waals surface area contributed by atoms with Crippen molar-refractivity contribution < 1.29 is 28.5 Å². The highest BCUT2D eigenvalue weighted by Gasteiger charge is 2.23. The standard InChI is InChI=1S/C22H24N2O6/c1-14(21(25)24-13-17-7-10-19(27-3)20(11-17)28-4)30-22(26)15(2)29-18-8-5-16(12-23)6-9-18/h5-11,14-15H,13H2,1-4H3,(H,24,25)/t14-,15+/m1/s1. The first-order valence-corrected chi connectivity index (χ1v) is 9.23. The summed E-state index contributed by atoms with van der Waals surface area (Å²) in [5, 5.41) is 11.5. The number of amides is 1. The highest BCUT2D eigenvalue weighted by atomic mass is 16.6. The van der Waals surface area contributed by atoms with Gasteiger partial charge in [0.05, 0.1) is 25.9 Å². The van der Waals surface area contributed by atoms with Gasteiger partial charge in [0, 0.05) is 6.54 Å². The maximum Gasteiger partial charge on any atom is 0.347 e. The van der Waals surface area contributed by atoms with Crippen molar-refractivity contribution in [1.29, 1.82) is 5.26 Å². The van der Waals surface area contributed by atoms with E-state index in [1.807, 2.05) is 6.07 Å². The predicted molar refractivity (Wildman–Crippen MR) is 108 cm³/mol. The molecule has 0 radical (unpaired) electrons. The number of hydrogen-bond acceptors (Lipinski definition) is 7. The van der Waals surface area contributed by atoms with Crippen molar-refractivity contribution in [2.45, 2.75) is 32.6 Å². The maximum absolute atomic E-state index is 12.3. The number of hydrogen-bond donors (Lipinski definition) is 1. The molecule has 8 heteroatoms. The second kappa shape index (κ2) is 10.7. The van der Waals surface area contributed by atoms with Gasteiger partial charge in [0.25, 0.3) is 5.91 Å². The summed E-state index contributed by atoms with van der Waals surface area (Å²) in [6, 6.07) is 13.6. The van der Waals surface area contributed by atoms with Crippen LogP contribution in [0.1, 0.15) is 25.0 Å². The SMILES string of the molecule is COc1ccc(CNC(=O)[C@@H](C)OC(=O)[C@H](C)Oc2ccc(C#N)cc2)cc1OC. The molecule has 0 aromatic heterocycles. The Morgan fingerprint density at radius 1 is 1.00 bits per heavy atom. The molecule has 0 aliphatic heterocycles. The van der Waals surface area contributed by atoms with Gasteiger partial charge in [-0.05, 0) is 55.8 Å². The van der Waals surface area contributed by atoms with Gasteiger partial charge in [0.2, 0.25) is 0 Å². The largest absolute Gasteiger partial charge is 0.493 e. The monoisotopic (exact) mass is 412 g/mol. The van der Waals surface area contributed by atoms with Crippen LogP contribution < -0.4 is 19.5 Å². The molecule has 2 aromatic carbocycles. The van der Waals surface area contributed by atoms with Gasteiger partial charge in [0.1, 0.15) is 5.75 Å². The van der Waals surface area contributed by atoms with Gasteiger partial charge < -0.3 is 24.3 Å². The van der Waals surface area contributed by atoms with Crippen LogP contribution in [0, 0.1) is 11.3 Å². The molecule has 0 spiro atoms. The third kappa shape index (κ3) is 6.14. The molecule has 0 saturated carbocycles. The number of esters is 1. The number of nitrogens with zero attached hydrogens (tertiary/aromatic N) is 1. The van der Waals surface area contributed by atoms with Crippen LogP contribution in [-0.4, -0.2) is 38.3 Å². The average Bonchev–Trinajstić information content (AvgIpc) is 2.77. The van der Waals surface area contributed by atoms with Crippen molar-refractivity contribution in [3.05, 3.63) is 53.6 Å². The van der Waals surface area contributed by atoms with Crippen LogP contribution in [0.5, 0.6) is 17.2 Å². The van der Waals surface area contributed by atoms with Crippen LogP contribution in [0.3, 0.4) is 0 Å². The molecule has 0 aliphatic rings. The lowest BCUT2D eigenvalue weighted by Gasteiger charge is -2.18. The number of carbonyl (C=O) groups is 2. The molecule has 158 valence electrons. The highest BCUT2D eigenvalue weighted by Crippen LogP contribution is 2.27. The van der Waals surface area contributed by atoms with Gasteiger partial charge in [-0.2, -0.15) is 5.26 Å². The minimum absolute atomic E-state index is 0.234. The number of methoxy groups -OCH3 is 2. The van der Waals surface area contributed by atoms with Crippen LogP contribution in [0.2, 0.25) is 0 Å². The fraction of sp³-hybridized carbons (Fsp3) is 0.318. The van der Waals surface area contributed by atoms with Crippen molar-refractivity contribution in [1.82, 2.24) is 5.32 Å². The summed E-state index contributed by atoms with van der Waals surface area (Å²) in [7, 11) is 3.07. The van der Waals surface area contributed by atoms with Gasteiger partial charge in [-0.15, -0.1) is 0 Å². The summed E-state index contributed by atoms with van der Waals surface area (Å²) < 4.78 is 21.1. The Kier molecular flexibility index (Phi) is 8.06. The molecule has 0 unspecified atom stereocenters. The van der Waals surface area contributed by atoms with E-state index in [2.05, 4.69) is 5.32 Å². The van der Waals surface area contributed by atoms with E-state index in [1.54, 1.807) is 49.6 Å². The quantitative estimate of drug-likeness (QED) is 0.631. The van der Waals surface area contributed by atoms with Crippen molar-refractivity contribution in [3.63, 3.8) is 0 Å². The molecular formula is C22H24N2O6. The number of ether oxygens (including phenoxy) is 4. The van der Waals surface area contributed by atoms with Crippen molar-refractivity contribution in [2.24, 2.45) is 0 Å². The Bertz CT molecular complexity index is 920. The van der Waals surface area contributed by atoms with E-state index in [9.17, 15) is 9.59 Å². The number of nitrogens with one attached hydrogen (secondary N) is 1. The zero-order valence-corrected chi connectivity index (χ0v) is 17.3. The molecule has 2 rings (SSSR count). The summed E-state index contributed by atoms with van der Waals surface area (Å²) in [5.74, 6) is 0.449. The van der Waals surface area contributed by atoms with E-state index in [1.165, 1.54) is 21.0 Å². The van der Waals surface area contributed by atoms with E-state index >= 15 is 0 Å². The van der Waals surface area contributed by atoms with Crippen LogP contribution in [0.4, 0.5) is 0 Å². The molecule has 1 N–H and O–H groups in total. The maximum atomic E-state index is 12.3. The summed E-state index contributed by atoms with van der Waals surface area (Å²) in [4.78, 5) is 24.5. The third-order valence-electron chi connectivity index (χ3n) is 4.21. The molecule has 2 atom stereocenters. The minimum atomic E-state index is -0.996. The van der Waals surface area contributed by atoms with E-state index < -0.39 is 24.1 Å². The summed E-state index contributed by atoms with van der Waals surface area (Å²) in [6.45, 7) is 3.24. The number of carbonyl (C=O) groups excluding carboxylic acids is 2. The van der Waals surface area contributed by atoms with Gasteiger partial charge in [-0.1, -0.05) is 6.07 Å². The lowest BCUT2D eigenvalue weighted by Crippen LogP contribution is -2.38. The number of benzene rings is 2. The predicted octanol–water partition coefficient (Wildman–Crippen LogP) is 2.59. The summed E-state index contributed by atoms with van der Waals surface area (Å²) in [5.41, 5.74) is 1.29. The second-order valence-electron chi connectivity index (χ2n) is 6.38. The highest BCUT2D eigenvalue weighted by molar-refractivity contribution is 5.84. The van der Waals surface area contributed by atoms with Gasteiger partial charge in [-0.25, -0.2) is 4.79 Å². The topological polar surface area (TPSA) is 107 Å². The molecule has 0 saturated heterocycles. The molecule has 0 fully saturated rings. The van der Waals surface area contributed by atoms with E-state index in [0.29, 0.717) is 22.8 Å². The van der Waals surface area contributed by atoms with Crippen LogP contribution in [0.15, 0.2) is 42.5 Å². The molecule has 0 heterocycles. The minimum Gasteiger partial charge on any atom is -0.493 e. The summed E-state index contributed by atoms with van der Waals surface area (Å²) in [6.07, 6.45) is -1.91. The average molecular weight is 412 g/mol. The van der Waals surface area contributed by atoms with Crippen molar-refractivity contribution in [3.8, 4) is 23.3 Å². The lowest BCUT2D eigenvalue weighted by atomic mass is 10.2. The molecule has 30 heavy (non-hydrogen) atoms. The smallest absolute Gasteiger partial charge is 0.347 e. The van der Waals surface area contributed by atoms with Crippen LogP contribution >= 0.6 is 0 Å². The fourth-order valence-corrected chi connectivity index (χ4v) is 2.51. The normalized spacial score (nSPS) is 12.1. The Morgan fingerprint density at radius 3 is 2.27 bits per heavy atom. The van der Waals surface area contributed by atoms with Gasteiger partial charge in [0.15, 0.2) is 23.7 Å². The Morgan fingerprint density at radius 2 is 1.67 bits per heavy atom. The zero-order chi connectivity index (χ0) is 22.1. The zero-order valence-electron chi connectivity index (χ0n) is 17.3. The molecular weight excluding hydrogens is 388 g/mol. The lowest BCUT2D eigenvalue weighted by molar-refractivity contribution is -0.160. The van der Waals surface area contributed by atoms with E-state index in [4.69, 9.17) is 24.2 Å². The first-order valence-electron chi connectivity index (χ1n) is 9.23. The van der Waals surface area contributed by atoms with E-state index in [-0.39, 0.29) is 6.54 Å². The van der Waals surface area contributed by atoms with Crippen LogP contribution in [0.25, 0.3) is 0 Å². The summed E-state index contributed by atoms with van der Waals surface area (Å²) >= 11 is 0. The Balaban J connectivity index is 1.85. The Hall–Kier alpha value is -3.73. The fourth-order valence-electron chi connectivity index (χ4n) is 2.51. The van der Waals surface area contributed by atoms with Gasteiger partial charge in [-0.3, -0.25) is 4.79 Å². The molecule has 1 amide bonds. The molecule has 2 aromatic rings. The third-order valence-corrected chi connectivity index (χ3v) is 4.21. The molecule has 0 aliphatic carbocycles. The van der Waals surface area contributed by atoms with E-state index in [0.717, 1.165) is 5.56 Å². The molecule has 8 nitrogen and oxygen atoms in total. The number of nitriles is 1.